The van der Waals surface area contributed by atoms with E-state index in [1.54, 1.807) is 0 Å². The van der Waals surface area contributed by atoms with Gasteiger partial charge in [-0.3, -0.25) is 10.1 Å². The number of hydrogen-bond donors (Lipinski definition) is 1. The van der Waals surface area contributed by atoms with Crippen molar-refractivity contribution in [1.29, 1.82) is 0 Å². The highest BCUT2D eigenvalue weighted by Crippen LogP contribution is 2.43. The topological polar surface area (TPSA) is 108 Å². The Hall–Kier alpha value is -2.51. The van der Waals surface area contributed by atoms with Crippen LogP contribution in [0.3, 0.4) is 0 Å². The fourth-order valence-corrected chi connectivity index (χ4v) is 1.50. The van der Waals surface area contributed by atoms with Crippen LogP contribution in [-0.4, -0.2) is 37.3 Å². The molecule has 1 N–H and O–H groups in total. The van der Waals surface area contributed by atoms with E-state index >= 15 is 0 Å². The molecule has 18 heavy (non-hydrogen) atoms. The maximum atomic E-state index is 11.1. The Labute approximate surface area is 102 Å². The molecule has 1 rings (SSSR count). The molecule has 0 amide bonds. The van der Waals surface area contributed by atoms with Crippen molar-refractivity contribution in [1.82, 2.24) is 0 Å². The van der Waals surface area contributed by atoms with Crippen LogP contribution >= 0.6 is 0 Å². The number of carboxylic acid groups (broad SMARTS) is 1. The predicted molar refractivity (Wildman–Crippen MR) is 59.7 cm³/mol. The molecule has 0 aliphatic rings. The molecule has 0 unspecified atom stereocenters. The van der Waals surface area contributed by atoms with Crippen molar-refractivity contribution >= 4 is 11.7 Å². The molecule has 0 radical (unpaired) electrons. The van der Waals surface area contributed by atoms with Gasteiger partial charge in [0.25, 0.3) is 0 Å². The summed E-state index contributed by atoms with van der Waals surface area (Å²) in [5, 5.41) is 20.0. The number of carbonyl (C=O) groups is 1. The van der Waals surface area contributed by atoms with E-state index in [4.69, 9.17) is 19.3 Å². The van der Waals surface area contributed by atoms with Gasteiger partial charge >= 0.3 is 11.7 Å². The maximum absolute atomic E-state index is 11.1. The van der Waals surface area contributed by atoms with Gasteiger partial charge < -0.3 is 19.3 Å². The Morgan fingerprint density at radius 2 is 1.78 bits per heavy atom. The van der Waals surface area contributed by atoms with E-state index in [1.165, 1.54) is 27.4 Å². The monoisotopic (exact) mass is 257 g/mol. The fourth-order valence-electron chi connectivity index (χ4n) is 1.50. The number of nitro benzene ring substituents is 1. The lowest BCUT2D eigenvalue weighted by atomic mass is 10.1. The summed E-state index contributed by atoms with van der Waals surface area (Å²) in [4.78, 5) is 21.2. The molecular formula is C10H11NO7. The number of benzene rings is 1. The minimum atomic E-state index is -1.50. The van der Waals surface area contributed by atoms with Gasteiger partial charge in [-0.05, 0) is 0 Å². The molecule has 8 nitrogen and oxygen atoms in total. The van der Waals surface area contributed by atoms with Crippen molar-refractivity contribution in [3.8, 4) is 17.2 Å². The number of rotatable bonds is 5. The summed E-state index contributed by atoms with van der Waals surface area (Å²) in [6, 6.07) is 1.20. The van der Waals surface area contributed by atoms with Crippen molar-refractivity contribution in [2.24, 2.45) is 0 Å². The van der Waals surface area contributed by atoms with Gasteiger partial charge in [0.15, 0.2) is 17.1 Å². The SMILES string of the molecule is COc1cc(OC)c([N+](=O)[O-])c(C(=O)O)c1OC. The van der Waals surface area contributed by atoms with Crippen LogP contribution < -0.4 is 14.2 Å². The molecule has 0 fully saturated rings. The van der Waals surface area contributed by atoms with Gasteiger partial charge in [0.1, 0.15) is 0 Å². The number of nitro groups is 1. The van der Waals surface area contributed by atoms with Crippen molar-refractivity contribution in [2.75, 3.05) is 21.3 Å². The Morgan fingerprint density at radius 1 is 1.22 bits per heavy atom. The molecule has 0 saturated carbocycles. The number of aromatic carboxylic acids is 1. The first-order valence-corrected chi connectivity index (χ1v) is 4.68. The van der Waals surface area contributed by atoms with Crippen molar-refractivity contribution in [3.63, 3.8) is 0 Å². The maximum Gasteiger partial charge on any atom is 0.346 e. The summed E-state index contributed by atoms with van der Waals surface area (Å²) in [6.07, 6.45) is 0. The quantitative estimate of drug-likeness (QED) is 0.625. The third kappa shape index (κ3) is 2.12. The van der Waals surface area contributed by atoms with Crippen molar-refractivity contribution in [3.05, 3.63) is 21.7 Å². The molecule has 0 aliphatic carbocycles. The lowest BCUT2D eigenvalue weighted by molar-refractivity contribution is -0.386. The largest absolute Gasteiger partial charge is 0.493 e. The Balaban J connectivity index is 3.77. The fraction of sp³-hybridized carbons (Fsp3) is 0.300. The number of nitrogens with zero attached hydrogens (tertiary/aromatic N) is 1. The summed E-state index contributed by atoms with van der Waals surface area (Å²) >= 11 is 0. The zero-order valence-electron chi connectivity index (χ0n) is 9.92. The van der Waals surface area contributed by atoms with Gasteiger partial charge in [-0.15, -0.1) is 0 Å². The third-order valence-corrected chi connectivity index (χ3v) is 2.22. The highest BCUT2D eigenvalue weighted by molar-refractivity contribution is 5.98. The number of hydrogen-bond acceptors (Lipinski definition) is 6. The van der Waals surface area contributed by atoms with Gasteiger partial charge in [-0.2, -0.15) is 0 Å². The first kappa shape index (κ1) is 13.6. The molecule has 0 atom stereocenters. The second-order valence-corrected chi connectivity index (χ2v) is 3.10. The van der Waals surface area contributed by atoms with Crippen LogP contribution in [0.5, 0.6) is 17.2 Å². The number of ether oxygens (including phenoxy) is 3. The molecule has 98 valence electrons. The normalized spacial score (nSPS) is 9.72. The summed E-state index contributed by atoms with van der Waals surface area (Å²) in [5.74, 6) is -1.90. The van der Waals surface area contributed by atoms with Gasteiger partial charge in [0.2, 0.25) is 5.75 Å². The molecule has 1 aromatic carbocycles. The summed E-state index contributed by atoms with van der Waals surface area (Å²) in [5.41, 5.74) is -1.29. The summed E-state index contributed by atoms with van der Waals surface area (Å²) in [7, 11) is 3.68. The van der Waals surface area contributed by atoms with E-state index in [9.17, 15) is 14.9 Å². The highest BCUT2D eigenvalue weighted by Gasteiger charge is 2.33. The molecular weight excluding hydrogens is 246 g/mol. The Morgan fingerprint density at radius 3 is 2.11 bits per heavy atom. The van der Waals surface area contributed by atoms with Crippen LogP contribution in [0.4, 0.5) is 5.69 Å². The van der Waals surface area contributed by atoms with Crippen LogP contribution in [0.2, 0.25) is 0 Å². The second-order valence-electron chi connectivity index (χ2n) is 3.10. The van der Waals surface area contributed by atoms with Gasteiger partial charge in [-0.1, -0.05) is 0 Å². The summed E-state index contributed by atoms with van der Waals surface area (Å²) < 4.78 is 14.6. The smallest absolute Gasteiger partial charge is 0.346 e. The average Bonchev–Trinajstić information content (AvgIpc) is 2.35. The lowest BCUT2D eigenvalue weighted by Crippen LogP contribution is -2.08. The molecule has 0 aliphatic heterocycles. The highest BCUT2D eigenvalue weighted by atomic mass is 16.6. The third-order valence-electron chi connectivity index (χ3n) is 2.22. The van der Waals surface area contributed by atoms with Gasteiger partial charge in [0.05, 0.1) is 26.3 Å². The molecule has 1 aromatic rings. The average molecular weight is 257 g/mol. The number of carboxylic acids is 1. The van der Waals surface area contributed by atoms with Crippen LogP contribution in [0, 0.1) is 10.1 Å². The van der Waals surface area contributed by atoms with Crippen molar-refractivity contribution in [2.45, 2.75) is 0 Å². The zero-order valence-corrected chi connectivity index (χ0v) is 9.92. The van der Waals surface area contributed by atoms with Crippen LogP contribution in [0.1, 0.15) is 10.4 Å². The van der Waals surface area contributed by atoms with E-state index in [0.29, 0.717) is 0 Å². The number of methoxy groups -OCH3 is 3. The molecule has 0 heterocycles. The predicted octanol–water partition coefficient (Wildman–Crippen LogP) is 1.32. The van der Waals surface area contributed by atoms with Crippen LogP contribution in [0.25, 0.3) is 0 Å². The van der Waals surface area contributed by atoms with Crippen molar-refractivity contribution < 1.29 is 29.0 Å². The van der Waals surface area contributed by atoms with Crippen LogP contribution in [-0.2, 0) is 0 Å². The Bertz CT molecular complexity index is 497. The van der Waals surface area contributed by atoms with E-state index in [0.717, 1.165) is 0 Å². The van der Waals surface area contributed by atoms with E-state index in [1.807, 2.05) is 0 Å². The molecule has 0 aromatic heterocycles. The second kappa shape index (κ2) is 5.21. The standard InChI is InChI=1S/C10H11NO7/c1-16-5-4-6(17-2)9(18-3)7(10(12)13)8(5)11(14)15/h4H,1-3H3,(H,12,13). The van der Waals surface area contributed by atoms with Gasteiger partial charge in [0, 0.05) is 6.07 Å². The molecule has 8 heteroatoms. The Kier molecular flexibility index (Phi) is 3.93. The first-order chi connectivity index (χ1) is 8.47. The van der Waals surface area contributed by atoms with Gasteiger partial charge in [-0.25, -0.2) is 4.79 Å². The molecule has 0 spiro atoms. The van der Waals surface area contributed by atoms with E-state index < -0.39 is 22.1 Å². The lowest BCUT2D eigenvalue weighted by Gasteiger charge is -2.12. The minimum Gasteiger partial charge on any atom is -0.493 e. The molecule has 0 saturated heterocycles. The van der Waals surface area contributed by atoms with E-state index in [2.05, 4.69) is 0 Å². The van der Waals surface area contributed by atoms with Crippen LogP contribution in [0.15, 0.2) is 6.07 Å². The minimum absolute atomic E-state index is 0.0392. The summed E-state index contributed by atoms with van der Waals surface area (Å²) in [6.45, 7) is 0. The molecule has 0 bridgehead atoms. The first-order valence-electron chi connectivity index (χ1n) is 4.68. The van der Waals surface area contributed by atoms with E-state index in [-0.39, 0.29) is 17.2 Å². The zero-order chi connectivity index (χ0) is 13.9.